The average Bonchev–Trinajstić information content (AvgIpc) is 2.60. The van der Waals surface area contributed by atoms with E-state index in [0.717, 1.165) is 17.7 Å². The van der Waals surface area contributed by atoms with Gasteiger partial charge < -0.3 is 5.73 Å². The predicted molar refractivity (Wildman–Crippen MR) is 68.6 cm³/mol. The Balaban J connectivity index is 2.44. The molecule has 84 valence electrons. The zero-order valence-corrected chi connectivity index (χ0v) is 10.3. The fraction of sp³-hybridized carbons (Fsp3) is 0.273. The van der Waals surface area contributed by atoms with Crippen molar-refractivity contribution in [1.29, 1.82) is 0 Å². The summed E-state index contributed by atoms with van der Waals surface area (Å²) >= 11 is 12.0. The molecule has 0 fully saturated rings. The Morgan fingerprint density at radius 2 is 2.06 bits per heavy atom. The van der Waals surface area contributed by atoms with Crippen LogP contribution in [0.4, 0.5) is 0 Å². The molecular weight excluding hydrogens is 245 g/mol. The van der Waals surface area contributed by atoms with Crippen LogP contribution in [0.5, 0.6) is 0 Å². The van der Waals surface area contributed by atoms with E-state index in [1.807, 2.05) is 13.0 Å². The zero-order valence-electron chi connectivity index (χ0n) is 8.74. The standard InChI is InChI=1S/C11H11Cl2N3/c1-2-9-10(11(14)16-15-9)7-4-3-6(12)5-8(7)13/h3-5,10H,2H2,1H3,(H2,14,16). The maximum Gasteiger partial charge on any atom is 0.135 e. The molecule has 0 bridgehead atoms. The third-order valence-corrected chi connectivity index (χ3v) is 3.12. The molecule has 1 aromatic rings. The van der Waals surface area contributed by atoms with Crippen LogP contribution < -0.4 is 5.73 Å². The lowest BCUT2D eigenvalue weighted by Gasteiger charge is -2.14. The van der Waals surface area contributed by atoms with Gasteiger partial charge in [-0.25, -0.2) is 0 Å². The minimum Gasteiger partial charge on any atom is -0.385 e. The van der Waals surface area contributed by atoms with Crippen LogP contribution >= 0.6 is 23.2 Å². The lowest BCUT2D eigenvalue weighted by molar-refractivity contribution is 1.13. The van der Waals surface area contributed by atoms with Crippen LogP contribution in [0.3, 0.4) is 0 Å². The summed E-state index contributed by atoms with van der Waals surface area (Å²) in [5.41, 5.74) is 7.67. The Bertz CT molecular complexity index is 480. The largest absolute Gasteiger partial charge is 0.385 e. The highest BCUT2D eigenvalue weighted by Gasteiger charge is 2.27. The van der Waals surface area contributed by atoms with E-state index in [2.05, 4.69) is 10.2 Å². The van der Waals surface area contributed by atoms with Crippen molar-refractivity contribution in [3.8, 4) is 0 Å². The predicted octanol–water partition coefficient (Wildman–Crippen LogP) is 3.21. The summed E-state index contributed by atoms with van der Waals surface area (Å²) in [4.78, 5) is 0. The molecule has 0 aliphatic carbocycles. The molecule has 0 saturated carbocycles. The van der Waals surface area contributed by atoms with Gasteiger partial charge >= 0.3 is 0 Å². The molecule has 0 spiro atoms. The molecule has 0 amide bonds. The number of nitrogens with zero attached hydrogens (tertiary/aromatic N) is 2. The number of hydrogen-bond donors (Lipinski definition) is 1. The molecule has 0 saturated heterocycles. The van der Waals surface area contributed by atoms with E-state index in [1.165, 1.54) is 0 Å². The van der Waals surface area contributed by atoms with E-state index >= 15 is 0 Å². The van der Waals surface area contributed by atoms with Crippen LogP contribution in [-0.4, -0.2) is 11.5 Å². The number of rotatable bonds is 2. The van der Waals surface area contributed by atoms with Gasteiger partial charge in [0, 0.05) is 10.0 Å². The topological polar surface area (TPSA) is 50.7 Å². The molecule has 1 aliphatic heterocycles. The molecule has 1 heterocycles. The van der Waals surface area contributed by atoms with Gasteiger partial charge in [0.1, 0.15) is 5.84 Å². The summed E-state index contributed by atoms with van der Waals surface area (Å²) < 4.78 is 0. The highest BCUT2D eigenvalue weighted by molar-refractivity contribution is 6.35. The summed E-state index contributed by atoms with van der Waals surface area (Å²) in [6.07, 6.45) is 0.799. The molecule has 5 heteroatoms. The lowest BCUT2D eigenvalue weighted by atomic mass is 9.92. The molecule has 3 nitrogen and oxygen atoms in total. The van der Waals surface area contributed by atoms with Crippen molar-refractivity contribution >= 4 is 34.7 Å². The van der Waals surface area contributed by atoms with E-state index in [4.69, 9.17) is 28.9 Å². The van der Waals surface area contributed by atoms with Gasteiger partial charge in [-0.2, -0.15) is 5.10 Å². The molecule has 16 heavy (non-hydrogen) atoms. The van der Waals surface area contributed by atoms with Gasteiger partial charge in [-0.15, -0.1) is 5.10 Å². The second-order valence-electron chi connectivity index (χ2n) is 3.57. The van der Waals surface area contributed by atoms with E-state index in [0.29, 0.717) is 15.9 Å². The van der Waals surface area contributed by atoms with Crippen molar-refractivity contribution in [2.24, 2.45) is 15.9 Å². The van der Waals surface area contributed by atoms with Crippen LogP contribution in [0.2, 0.25) is 10.0 Å². The first-order chi connectivity index (χ1) is 7.63. The molecule has 2 N–H and O–H groups in total. The second kappa shape index (κ2) is 4.44. The molecule has 1 aliphatic rings. The van der Waals surface area contributed by atoms with E-state index < -0.39 is 0 Å². The first-order valence-corrected chi connectivity index (χ1v) is 5.73. The maximum atomic E-state index is 6.15. The van der Waals surface area contributed by atoms with Crippen molar-refractivity contribution in [1.82, 2.24) is 0 Å². The van der Waals surface area contributed by atoms with Crippen LogP contribution in [-0.2, 0) is 0 Å². The minimum absolute atomic E-state index is 0.102. The normalized spacial score (nSPS) is 19.6. The second-order valence-corrected chi connectivity index (χ2v) is 4.41. The highest BCUT2D eigenvalue weighted by atomic mass is 35.5. The van der Waals surface area contributed by atoms with Gasteiger partial charge in [0.2, 0.25) is 0 Å². The summed E-state index contributed by atoms with van der Waals surface area (Å²) in [7, 11) is 0. The van der Waals surface area contributed by atoms with Crippen molar-refractivity contribution in [2.45, 2.75) is 19.3 Å². The van der Waals surface area contributed by atoms with Crippen LogP contribution in [0.15, 0.2) is 28.4 Å². The van der Waals surface area contributed by atoms with Gasteiger partial charge in [-0.05, 0) is 24.1 Å². The van der Waals surface area contributed by atoms with Crippen LogP contribution in [0, 0.1) is 0 Å². The van der Waals surface area contributed by atoms with Crippen LogP contribution in [0.1, 0.15) is 24.8 Å². The number of amidine groups is 1. The van der Waals surface area contributed by atoms with Gasteiger partial charge in [0.15, 0.2) is 0 Å². The molecule has 0 aromatic heterocycles. The molecule has 1 aromatic carbocycles. The summed E-state index contributed by atoms with van der Waals surface area (Å²) in [6.45, 7) is 2.02. The Kier molecular flexibility index (Phi) is 3.17. The maximum absolute atomic E-state index is 6.15. The van der Waals surface area contributed by atoms with Gasteiger partial charge in [-0.3, -0.25) is 0 Å². The van der Waals surface area contributed by atoms with Crippen molar-refractivity contribution in [3.63, 3.8) is 0 Å². The van der Waals surface area contributed by atoms with Gasteiger partial charge in [-0.1, -0.05) is 36.2 Å². The molecule has 1 atom stereocenters. The summed E-state index contributed by atoms with van der Waals surface area (Å²) in [6, 6.07) is 5.37. The monoisotopic (exact) mass is 255 g/mol. The van der Waals surface area contributed by atoms with E-state index in [9.17, 15) is 0 Å². The zero-order chi connectivity index (χ0) is 11.7. The molecular formula is C11H11Cl2N3. The molecule has 0 radical (unpaired) electrons. The van der Waals surface area contributed by atoms with Gasteiger partial charge in [0.05, 0.1) is 11.6 Å². The SMILES string of the molecule is CCC1=NN=C(N)C1c1ccc(Cl)cc1Cl. The number of benzene rings is 1. The Morgan fingerprint density at radius 1 is 1.31 bits per heavy atom. The summed E-state index contributed by atoms with van der Waals surface area (Å²) in [5.74, 6) is 0.385. The smallest absolute Gasteiger partial charge is 0.135 e. The Labute approximate surface area is 104 Å². The van der Waals surface area contributed by atoms with Gasteiger partial charge in [0.25, 0.3) is 0 Å². The minimum atomic E-state index is -0.102. The van der Waals surface area contributed by atoms with Crippen molar-refractivity contribution in [3.05, 3.63) is 33.8 Å². The third kappa shape index (κ3) is 1.93. The fourth-order valence-corrected chi connectivity index (χ4v) is 2.28. The average molecular weight is 256 g/mol. The fourth-order valence-electron chi connectivity index (χ4n) is 1.76. The van der Waals surface area contributed by atoms with Crippen molar-refractivity contribution in [2.75, 3.05) is 0 Å². The van der Waals surface area contributed by atoms with E-state index in [1.54, 1.807) is 12.1 Å². The Morgan fingerprint density at radius 3 is 2.69 bits per heavy atom. The lowest BCUT2D eigenvalue weighted by Crippen LogP contribution is -2.24. The quantitative estimate of drug-likeness (QED) is 0.867. The van der Waals surface area contributed by atoms with Crippen molar-refractivity contribution < 1.29 is 0 Å². The first kappa shape index (κ1) is 11.4. The molecule has 2 rings (SSSR count). The number of hydrogen-bond acceptors (Lipinski definition) is 3. The number of halogens is 2. The third-order valence-electron chi connectivity index (χ3n) is 2.56. The first-order valence-electron chi connectivity index (χ1n) is 4.98. The number of nitrogens with two attached hydrogens (primary N) is 1. The Hall–Kier alpha value is -1.06. The van der Waals surface area contributed by atoms with Crippen LogP contribution in [0.25, 0.3) is 0 Å². The van der Waals surface area contributed by atoms with E-state index in [-0.39, 0.29) is 5.92 Å². The summed E-state index contributed by atoms with van der Waals surface area (Å²) in [5, 5.41) is 9.15. The molecule has 1 unspecified atom stereocenters. The highest BCUT2D eigenvalue weighted by Crippen LogP contribution is 2.31.